The summed E-state index contributed by atoms with van der Waals surface area (Å²) in [4.78, 5) is 14.5. The number of furan rings is 1. The van der Waals surface area contributed by atoms with Crippen molar-refractivity contribution < 1.29 is 9.21 Å². The van der Waals surface area contributed by atoms with Gasteiger partial charge in [-0.05, 0) is 26.8 Å². The number of para-hydroxylation sites is 1. The Morgan fingerprint density at radius 1 is 1.32 bits per heavy atom. The molecule has 0 fully saturated rings. The first-order chi connectivity index (χ1) is 10.5. The number of carbonyl (C=O) groups is 1. The van der Waals surface area contributed by atoms with Gasteiger partial charge in [0.1, 0.15) is 11.8 Å². The van der Waals surface area contributed by atoms with Crippen LogP contribution in [0.2, 0.25) is 0 Å². The van der Waals surface area contributed by atoms with Crippen molar-refractivity contribution in [3.63, 3.8) is 0 Å². The molecule has 22 heavy (non-hydrogen) atoms. The molecule has 0 bridgehead atoms. The van der Waals surface area contributed by atoms with Crippen LogP contribution in [0.1, 0.15) is 40.3 Å². The molecule has 114 valence electrons. The van der Waals surface area contributed by atoms with Crippen LogP contribution in [0.25, 0.3) is 11.0 Å². The molecule has 1 aromatic carbocycles. The number of benzene rings is 1. The van der Waals surface area contributed by atoms with E-state index in [1.54, 1.807) is 11.9 Å². The molecule has 5 heteroatoms. The summed E-state index contributed by atoms with van der Waals surface area (Å²) in [5.74, 6) is -0.0579. The zero-order chi connectivity index (χ0) is 15.9. The Morgan fingerprint density at radius 2 is 2.05 bits per heavy atom. The van der Waals surface area contributed by atoms with E-state index in [-0.39, 0.29) is 11.9 Å². The summed E-state index contributed by atoms with van der Waals surface area (Å²) in [6, 6.07) is 7.49. The third-order valence-electron chi connectivity index (χ3n) is 4.22. The highest BCUT2D eigenvalue weighted by Gasteiger charge is 2.25. The predicted molar refractivity (Wildman–Crippen MR) is 84.8 cm³/mol. The molecule has 3 aromatic rings. The molecule has 0 radical (unpaired) electrons. The second kappa shape index (κ2) is 5.33. The Hall–Kier alpha value is -2.56. The first-order valence-electron chi connectivity index (χ1n) is 7.25. The van der Waals surface area contributed by atoms with Gasteiger partial charge in [-0.1, -0.05) is 18.2 Å². The van der Waals surface area contributed by atoms with Crippen molar-refractivity contribution in [3.8, 4) is 0 Å². The van der Waals surface area contributed by atoms with E-state index in [4.69, 9.17) is 4.42 Å². The quantitative estimate of drug-likeness (QED) is 0.803. The van der Waals surface area contributed by atoms with Gasteiger partial charge in [0.05, 0.1) is 17.3 Å². The average Bonchev–Trinajstić information content (AvgIpc) is 3.09. The summed E-state index contributed by atoms with van der Waals surface area (Å²) in [6.45, 7) is 5.92. The average molecular weight is 297 g/mol. The first-order valence-corrected chi connectivity index (χ1v) is 7.25. The topological polar surface area (TPSA) is 62.1 Å². The molecule has 1 atom stereocenters. The Balaban J connectivity index is 1.95. The van der Waals surface area contributed by atoms with E-state index in [2.05, 4.69) is 10.2 Å². The van der Waals surface area contributed by atoms with Gasteiger partial charge in [0, 0.05) is 23.7 Å². The number of H-pyrrole nitrogens is 1. The molecule has 0 saturated heterocycles. The number of amides is 1. The molecule has 1 N–H and O–H groups in total. The molecule has 0 unspecified atom stereocenters. The van der Waals surface area contributed by atoms with Crippen molar-refractivity contribution in [2.75, 3.05) is 7.05 Å². The highest BCUT2D eigenvalue weighted by molar-refractivity contribution is 6.05. The largest absolute Gasteiger partial charge is 0.463 e. The minimum Gasteiger partial charge on any atom is -0.463 e. The van der Waals surface area contributed by atoms with Crippen LogP contribution in [0.4, 0.5) is 0 Å². The third-order valence-corrected chi connectivity index (χ3v) is 4.22. The Morgan fingerprint density at radius 3 is 2.73 bits per heavy atom. The van der Waals surface area contributed by atoms with E-state index in [9.17, 15) is 4.79 Å². The summed E-state index contributed by atoms with van der Waals surface area (Å²) < 4.78 is 5.47. The van der Waals surface area contributed by atoms with Gasteiger partial charge in [0.2, 0.25) is 0 Å². The maximum atomic E-state index is 12.8. The Bertz CT molecular complexity index is 812. The third kappa shape index (κ3) is 2.19. The summed E-state index contributed by atoms with van der Waals surface area (Å²) in [7, 11) is 1.81. The van der Waals surface area contributed by atoms with E-state index in [0.29, 0.717) is 5.56 Å². The standard InChI is InChI=1S/C17H19N3O2/c1-10-16(11(2)19-18-10)12(3)20(4)17(21)14-9-22-15-8-6-5-7-13(14)15/h5-9,12H,1-4H3,(H,18,19)/t12-/m1/s1. The van der Waals surface area contributed by atoms with E-state index < -0.39 is 0 Å². The molecule has 3 rings (SSSR count). The molecule has 0 saturated carbocycles. The molecule has 0 aliphatic rings. The molecule has 5 nitrogen and oxygen atoms in total. The second-order valence-corrected chi connectivity index (χ2v) is 5.59. The maximum Gasteiger partial charge on any atom is 0.257 e. The van der Waals surface area contributed by atoms with Crippen molar-refractivity contribution >= 4 is 16.9 Å². The molecule has 1 amide bonds. The van der Waals surface area contributed by atoms with Crippen LogP contribution >= 0.6 is 0 Å². The smallest absolute Gasteiger partial charge is 0.257 e. The van der Waals surface area contributed by atoms with Crippen LogP contribution in [0.5, 0.6) is 0 Å². The minimum absolute atomic E-state index is 0.0579. The lowest BCUT2D eigenvalue weighted by atomic mass is 10.0. The van der Waals surface area contributed by atoms with Crippen molar-refractivity contribution in [1.82, 2.24) is 15.1 Å². The van der Waals surface area contributed by atoms with E-state index in [1.807, 2.05) is 45.0 Å². The summed E-state index contributed by atoms with van der Waals surface area (Å²) in [6.07, 6.45) is 1.53. The Labute approximate surface area is 128 Å². The first kappa shape index (κ1) is 14.4. The van der Waals surface area contributed by atoms with Crippen molar-refractivity contribution in [1.29, 1.82) is 0 Å². The fraction of sp³-hybridized carbons (Fsp3) is 0.294. The maximum absolute atomic E-state index is 12.8. The second-order valence-electron chi connectivity index (χ2n) is 5.59. The highest BCUT2D eigenvalue weighted by Crippen LogP contribution is 2.28. The summed E-state index contributed by atoms with van der Waals surface area (Å²) in [5.41, 5.74) is 4.28. The summed E-state index contributed by atoms with van der Waals surface area (Å²) >= 11 is 0. The SMILES string of the molecule is Cc1n[nH]c(C)c1[C@@H](C)N(C)C(=O)c1coc2ccccc12. The van der Waals surface area contributed by atoms with E-state index >= 15 is 0 Å². The number of fused-ring (bicyclic) bond motifs is 1. The molecular weight excluding hydrogens is 278 g/mol. The Kier molecular flexibility index (Phi) is 3.48. The zero-order valence-corrected chi connectivity index (χ0v) is 13.2. The molecule has 2 aromatic heterocycles. The number of hydrogen-bond donors (Lipinski definition) is 1. The number of aromatic amines is 1. The molecule has 0 spiro atoms. The number of aromatic nitrogens is 2. The number of aryl methyl sites for hydroxylation is 2. The molecule has 0 aliphatic heterocycles. The van der Waals surface area contributed by atoms with Crippen LogP contribution < -0.4 is 0 Å². The molecular formula is C17H19N3O2. The van der Waals surface area contributed by atoms with Gasteiger partial charge < -0.3 is 9.32 Å². The van der Waals surface area contributed by atoms with Gasteiger partial charge in [0.15, 0.2) is 0 Å². The lowest BCUT2D eigenvalue weighted by Crippen LogP contribution is -2.30. The lowest BCUT2D eigenvalue weighted by Gasteiger charge is -2.25. The van der Waals surface area contributed by atoms with E-state index in [1.165, 1.54) is 6.26 Å². The predicted octanol–water partition coefficient (Wildman–Crippen LogP) is 3.61. The van der Waals surface area contributed by atoms with E-state index in [0.717, 1.165) is 27.9 Å². The van der Waals surface area contributed by atoms with Gasteiger partial charge in [-0.3, -0.25) is 9.89 Å². The van der Waals surface area contributed by atoms with Crippen molar-refractivity contribution in [3.05, 3.63) is 53.0 Å². The molecule has 0 aliphatic carbocycles. The van der Waals surface area contributed by atoms with Crippen molar-refractivity contribution in [2.24, 2.45) is 0 Å². The normalized spacial score (nSPS) is 12.5. The van der Waals surface area contributed by atoms with Gasteiger partial charge >= 0.3 is 0 Å². The number of nitrogens with one attached hydrogen (secondary N) is 1. The lowest BCUT2D eigenvalue weighted by molar-refractivity contribution is 0.0743. The zero-order valence-electron chi connectivity index (χ0n) is 13.2. The fourth-order valence-electron chi connectivity index (χ4n) is 2.88. The fourth-order valence-corrected chi connectivity index (χ4v) is 2.88. The van der Waals surface area contributed by atoms with Crippen LogP contribution in [0.3, 0.4) is 0 Å². The highest BCUT2D eigenvalue weighted by atomic mass is 16.3. The van der Waals surface area contributed by atoms with Gasteiger partial charge in [-0.25, -0.2) is 0 Å². The number of rotatable bonds is 3. The van der Waals surface area contributed by atoms with Crippen LogP contribution in [-0.2, 0) is 0 Å². The number of hydrogen-bond acceptors (Lipinski definition) is 3. The van der Waals surface area contributed by atoms with Crippen LogP contribution in [0.15, 0.2) is 34.9 Å². The van der Waals surface area contributed by atoms with Crippen LogP contribution in [0, 0.1) is 13.8 Å². The number of nitrogens with zero attached hydrogens (tertiary/aromatic N) is 2. The van der Waals surface area contributed by atoms with Gasteiger partial charge in [-0.2, -0.15) is 5.10 Å². The van der Waals surface area contributed by atoms with Crippen molar-refractivity contribution in [2.45, 2.75) is 26.8 Å². The minimum atomic E-state index is -0.0695. The summed E-state index contributed by atoms with van der Waals surface area (Å²) in [5, 5.41) is 8.02. The van der Waals surface area contributed by atoms with Gasteiger partial charge in [-0.15, -0.1) is 0 Å². The monoisotopic (exact) mass is 297 g/mol. The molecule has 2 heterocycles. The number of carbonyl (C=O) groups excluding carboxylic acids is 1. The van der Waals surface area contributed by atoms with Gasteiger partial charge in [0.25, 0.3) is 5.91 Å². The van der Waals surface area contributed by atoms with Crippen LogP contribution in [-0.4, -0.2) is 28.1 Å².